The van der Waals surface area contributed by atoms with Crippen LogP contribution in [0.3, 0.4) is 0 Å². The molecule has 238 valence electrons. The molecular weight excluding hydrogens is 581 g/mol. The molecule has 5 N–H and O–H groups in total. The van der Waals surface area contributed by atoms with E-state index in [0.29, 0.717) is 54.4 Å². The second-order valence-electron chi connectivity index (χ2n) is 11.5. The van der Waals surface area contributed by atoms with Gasteiger partial charge in [0.05, 0.1) is 43.2 Å². The van der Waals surface area contributed by atoms with Gasteiger partial charge in [-0.25, -0.2) is 14.4 Å². The Bertz CT molecular complexity index is 1160. The quantitative estimate of drug-likeness (QED) is 0.184. The Morgan fingerprint density at radius 3 is 2.51 bits per heavy atom. The number of hydrogen-bond acceptors (Lipinski definition) is 10. The van der Waals surface area contributed by atoms with Crippen molar-refractivity contribution >= 4 is 23.5 Å². The van der Waals surface area contributed by atoms with Crippen molar-refractivity contribution in [2.75, 3.05) is 57.4 Å². The highest BCUT2D eigenvalue weighted by Gasteiger charge is 2.28. The number of nitrogens with zero attached hydrogens (tertiary/aromatic N) is 4. The zero-order chi connectivity index (χ0) is 30.8. The lowest BCUT2D eigenvalue weighted by atomic mass is 9.92. The Kier molecular flexibility index (Phi) is 12.7. The van der Waals surface area contributed by atoms with Crippen LogP contribution in [0.25, 0.3) is 0 Å². The SMILES string of the molecule is O=C(Cc1ccc(OCCCC2CCN(c3ncc(Cl)cn3)CC2)cc1F)N1CC[C@H](CNC[C@H](O)[C@H](O)[C@H](O)CO)C1. The second kappa shape index (κ2) is 16.5. The molecule has 0 spiro atoms. The molecular formula is C30H43ClFN5O6. The first-order valence-electron chi connectivity index (χ1n) is 15.0. The second-order valence-corrected chi connectivity index (χ2v) is 11.9. The number of halogens is 2. The Morgan fingerprint density at radius 1 is 1.09 bits per heavy atom. The van der Waals surface area contributed by atoms with Crippen molar-refractivity contribution < 1.29 is 34.3 Å². The molecule has 3 heterocycles. The highest BCUT2D eigenvalue weighted by molar-refractivity contribution is 6.30. The van der Waals surface area contributed by atoms with Gasteiger partial charge in [0.15, 0.2) is 0 Å². The standard InChI is InChI=1S/C30H43ClFN5O6/c31-23-15-34-30(35-16-23)36-8-5-20(6-9-36)2-1-11-43-24-4-3-22(25(32)13-24)12-28(41)37-10-7-21(18-37)14-33-17-26(39)29(42)27(40)19-38/h3-4,13,15-16,20-21,26-27,29,33,38-40,42H,1-2,5-12,14,17-19H2/t21-,26+,27-,29+/m1/s1. The summed E-state index contributed by atoms with van der Waals surface area (Å²) in [6, 6.07) is 4.66. The zero-order valence-electron chi connectivity index (χ0n) is 24.3. The smallest absolute Gasteiger partial charge is 0.227 e. The van der Waals surface area contributed by atoms with E-state index < -0.39 is 30.7 Å². The molecule has 0 radical (unpaired) electrons. The van der Waals surface area contributed by atoms with E-state index in [1.54, 1.807) is 29.4 Å². The van der Waals surface area contributed by atoms with Crippen LogP contribution in [0.4, 0.5) is 10.3 Å². The number of carbonyl (C=O) groups excluding carboxylic acids is 1. The molecule has 2 aromatic rings. The van der Waals surface area contributed by atoms with Gasteiger partial charge in [-0.3, -0.25) is 4.79 Å². The summed E-state index contributed by atoms with van der Waals surface area (Å²) < 4.78 is 20.6. The van der Waals surface area contributed by atoms with Gasteiger partial charge in [-0.1, -0.05) is 17.7 Å². The van der Waals surface area contributed by atoms with Gasteiger partial charge in [0.2, 0.25) is 11.9 Å². The highest BCUT2D eigenvalue weighted by Crippen LogP contribution is 2.25. The summed E-state index contributed by atoms with van der Waals surface area (Å²) in [5, 5.41) is 41.5. The lowest BCUT2D eigenvalue weighted by Gasteiger charge is -2.31. The third kappa shape index (κ3) is 9.95. The molecule has 2 aliphatic rings. The van der Waals surface area contributed by atoms with Gasteiger partial charge in [0.1, 0.15) is 23.8 Å². The molecule has 1 aromatic carbocycles. The molecule has 11 nitrogen and oxygen atoms in total. The number of amides is 1. The van der Waals surface area contributed by atoms with Crippen molar-refractivity contribution in [2.24, 2.45) is 11.8 Å². The minimum atomic E-state index is -1.45. The van der Waals surface area contributed by atoms with Crippen molar-refractivity contribution in [1.29, 1.82) is 0 Å². The van der Waals surface area contributed by atoms with Gasteiger partial charge < -0.3 is 40.3 Å². The van der Waals surface area contributed by atoms with Crippen LogP contribution < -0.4 is 15.0 Å². The van der Waals surface area contributed by atoms with Gasteiger partial charge in [-0.2, -0.15) is 0 Å². The van der Waals surface area contributed by atoms with Crippen LogP contribution in [0.15, 0.2) is 30.6 Å². The number of rotatable bonds is 15. The van der Waals surface area contributed by atoms with Crippen LogP contribution >= 0.6 is 11.6 Å². The van der Waals surface area contributed by atoms with Crippen LogP contribution in [0.5, 0.6) is 5.75 Å². The Labute approximate surface area is 256 Å². The summed E-state index contributed by atoms with van der Waals surface area (Å²) in [7, 11) is 0. The van der Waals surface area contributed by atoms with Crippen LogP contribution in [0, 0.1) is 17.7 Å². The molecule has 2 saturated heterocycles. The molecule has 0 unspecified atom stereocenters. The molecule has 4 atom stereocenters. The van der Waals surface area contributed by atoms with Gasteiger partial charge in [0, 0.05) is 38.8 Å². The van der Waals surface area contributed by atoms with E-state index in [0.717, 1.165) is 45.2 Å². The van der Waals surface area contributed by atoms with Gasteiger partial charge >= 0.3 is 0 Å². The summed E-state index contributed by atoms with van der Waals surface area (Å²) in [5.74, 6) is 1.31. The first-order chi connectivity index (χ1) is 20.7. The molecule has 1 amide bonds. The Hall–Kier alpha value is -2.61. The number of carbonyl (C=O) groups is 1. The molecule has 13 heteroatoms. The molecule has 0 saturated carbocycles. The summed E-state index contributed by atoms with van der Waals surface area (Å²) in [6.45, 7) is 3.30. The fraction of sp³-hybridized carbons (Fsp3) is 0.633. The maximum atomic E-state index is 14.8. The fourth-order valence-electron chi connectivity index (χ4n) is 5.63. The van der Waals surface area contributed by atoms with E-state index in [1.165, 1.54) is 6.07 Å². The predicted molar refractivity (Wildman–Crippen MR) is 159 cm³/mol. The van der Waals surface area contributed by atoms with Crippen LogP contribution in [0.2, 0.25) is 5.02 Å². The summed E-state index contributed by atoms with van der Waals surface area (Å²) in [5.41, 5.74) is 0.329. The Balaban J connectivity index is 1.11. The molecule has 0 aliphatic carbocycles. The number of hydrogen-bond donors (Lipinski definition) is 5. The van der Waals surface area contributed by atoms with E-state index >= 15 is 0 Å². The van der Waals surface area contributed by atoms with Crippen LogP contribution in [-0.2, 0) is 11.2 Å². The number of likely N-dealkylation sites (tertiary alicyclic amines) is 1. The maximum absolute atomic E-state index is 14.8. The molecule has 0 bridgehead atoms. The van der Waals surface area contributed by atoms with Crippen molar-refractivity contribution in [3.05, 3.63) is 47.0 Å². The molecule has 1 aromatic heterocycles. The van der Waals surface area contributed by atoms with Gasteiger partial charge in [-0.15, -0.1) is 0 Å². The van der Waals surface area contributed by atoms with E-state index in [9.17, 15) is 24.5 Å². The predicted octanol–water partition coefficient (Wildman–Crippen LogP) is 1.40. The first kappa shape index (κ1) is 33.3. The van der Waals surface area contributed by atoms with Gasteiger partial charge in [0.25, 0.3) is 0 Å². The zero-order valence-corrected chi connectivity index (χ0v) is 25.1. The van der Waals surface area contributed by atoms with E-state index in [-0.39, 0.29) is 24.8 Å². The number of benzene rings is 1. The van der Waals surface area contributed by atoms with E-state index in [1.807, 2.05) is 0 Å². The lowest BCUT2D eigenvalue weighted by molar-refractivity contribution is -0.129. The molecule has 43 heavy (non-hydrogen) atoms. The van der Waals surface area contributed by atoms with Crippen LogP contribution in [0.1, 0.15) is 37.7 Å². The third-order valence-electron chi connectivity index (χ3n) is 8.30. The largest absolute Gasteiger partial charge is 0.493 e. The van der Waals surface area contributed by atoms with Crippen molar-refractivity contribution in [3.8, 4) is 5.75 Å². The summed E-state index contributed by atoms with van der Waals surface area (Å²) in [4.78, 5) is 25.3. The number of piperidine rings is 1. The van der Waals surface area contributed by atoms with Crippen molar-refractivity contribution in [1.82, 2.24) is 20.2 Å². The van der Waals surface area contributed by atoms with Crippen LogP contribution in [-0.4, -0.2) is 112 Å². The molecule has 4 rings (SSSR count). The highest BCUT2D eigenvalue weighted by atomic mass is 35.5. The van der Waals surface area contributed by atoms with Crippen molar-refractivity contribution in [2.45, 2.75) is 56.8 Å². The fourth-order valence-corrected chi connectivity index (χ4v) is 5.73. The Morgan fingerprint density at radius 2 is 1.81 bits per heavy atom. The minimum Gasteiger partial charge on any atom is -0.493 e. The monoisotopic (exact) mass is 623 g/mol. The number of anilines is 1. The van der Waals surface area contributed by atoms with Gasteiger partial charge in [-0.05, 0) is 62.1 Å². The third-order valence-corrected chi connectivity index (χ3v) is 8.49. The molecule has 2 fully saturated rings. The van der Waals surface area contributed by atoms with E-state index in [2.05, 4.69) is 20.2 Å². The first-order valence-corrected chi connectivity index (χ1v) is 15.4. The number of ether oxygens (including phenoxy) is 1. The number of aliphatic hydroxyl groups excluding tert-OH is 4. The number of nitrogens with one attached hydrogen (secondary N) is 1. The lowest BCUT2D eigenvalue weighted by Crippen LogP contribution is -2.45. The summed E-state index contributed by atoms with van der Waals surface area (Å²) >= 11 is 5.88. The molecule has 2 aliphatic heterocycles. The van der Waals surface area contributed by atoms with Crippen molar-refractivity contribution in [3.63, 3.8) is 0 Å². The topological polar surface area (TPSA) is 152 Å². The average molecular weight is 624 g/mol. The minimum absolute atomic E-state index is 0.0318. The normalized spacial score (nSPS) is 19.8. The number of aromatic nitrogens is 2. The number of aliphatic hydroxyl groups is 4. The summed E-state index contributed by atoms with van der Waals surface area (Å²) in [6.07, 6.45) is 3.91. The maximum Gasteiger partial charge on any atom is 0.227 e. The average Bonchev–Trinajstić information content (AvgIpc) is 3.49. The van der Waals surface area contributed by atoms with E-state index in [4.69, 9.17) is 21.4 Å².